The van der Waals surface area contributed by atoms with Crippen LogP contribution in [-0.2, 0) is 14.6 Å². The molecule has 1 rings (SSSR count). The van der Waals surface area contributed by atoms with E-state index >= 15 is 0 Å². The Bertz CT molecular complexity index is 647. The van der Waals surface area contributed by atoms with Crippen molar-refractivity contribution in [3.8, 4) is 0 Å². The van der Waals surface area contributed by atoms with E-state index in [0.717, 1.165) is 12.8 Å². The van der Waals surface area contributed by atoms with Crippen LogP contribution in [0.3, 0.4) is 0 Å². The zero-order chi connectivity index (χ0) is 18.6. The second-order valence-electron chi connectivity index (χ2n) is 8.22. The highest BCUT2D eigenvalue weighted by molar-refractivity contribution is 7.91. The number of ether oxygens (including phenoxy) is 1. The fraction of sp³-hybridized carbons (Fsp3) is 0.667. The van der Waals surface area contributed by atoms with Gasteiger partial charge in [0.05, 0.1) is 27.3 Å². The van der Waals surface area contributed by atoms with Crippen molar-refractivity contribution in [2.75, 3.05) is 19.0 Å². The Morgan fingerprint density at radius 1 is 1.04 bits per heavy atom. The average Bonchev–Trinajstić information content (AvgIpc) is 2.38. The Morgan fingerprint density at radius 3 is 2.21 bits per heavy atom. The normalized spacial score (nSPS) is 13.3. The van der Waals surface area contributed by atoms with Gasteiger partial charge in [-0.2, -0.15) is 0 Å². The summed E-state index contributed by atoms with van der Waals surface area (Å²) in [6.07, 6.45) is 1.61. The second kappa shape index (κ2) is 8.39. The molecule has 3 nitrogen and oxygen atoms in total. The number of hydrogen-bond donors (Lipinski definition) is 0. The molecule has 138 valence electrons. The zero-order valence-corrected chi connectivity index (χ0v) is 17.5. The molecule has 0 aliphatic heterocycles. The molecule has 0 heterocycles. The van der Waals surface area contributed by atoms with Gasteiger partial charge in [0.2, 0.25) is 0 Å². The van der Waals surface area contributed by atoms with Crippen molar-refractivity contribution in [2.24, 2.45) is 10.8 Å². The highest BCUT2D eigenvalue weighted by Crippen LogP contribution is 2.30. The molecule has 0 aromatic heterocycles. The van der Waals surface area contributed by atoms with Gasteiger partial charge in [-0.25, -0.2) is 8.42 Å². The van der Waals surface area contributed by atoms with Gasteiger partial charge in [-0.05, 0) is 41.9 Å². The molecule has 0 aliphatic rings. The van der Waals surface area contributed by atoms with Crippen molar-refractivity contribution in [3.05, 3.63) is 28.2 Å². The SMILES string of the molecule is CC(C)(C)COCCCC(C)(C)CS(=O)(=O)c1ccc(Cl)c(Cl)c1. The number of benzene rings is 1. The van der Waals surface area contributed by atoms with Gasteiger partial charge in [0.25, 0.3) is 0 Å². The van der Waals surface area contributed by atoms with Crippen LogP contribution in [-0.4, -0.2) is 27.4 Å². The third kappa shape index (κ3) is 7.73. The molecule has 0 fully saturated rings. The van der Waals surface area contributed by atoms with Crippen LogP contribution in [0.5, 0.6) is 0 Å². The molecular formula is C18H28Cl2O3S. The predicted molar refractivity (Wildman–Crippen MR) is 102 cm³/mol. The molecule has 0 atom stereocenters. The van der Waals surface area contributed by atoms with Gasteiger partial charge in [-0.3, -0.25) is 0 Å². The predicted octanol–water partition coefficient (Wildman–Crippen LogP) is 5.64. The fourth-order valence-electron chi connectivity index (χ4n) is 2.37. The smallest absolute Gasteiger partial charge is 0.178 e. The minimum absolute atomic E-state index is 0.0667. The fourth-order valence-corrected chi connectivity index (χ4v) is 4.65. The number of hydrogen-bond acceptors (Lipinski definition) is 3. The average molecular weight is 395 g/mol. The van der Waals surface area contributed by atoms with E-state index < -0.39 is 9.84 Å². The van der Waals surface area contributed by atoms with E-state index in [0.29, 0.717) is 18.2 Å². The summed E-state index contributed by atoms with van der Waals surface area (Å²) in [6, 6.07) is 4.44. The number of halogens is 2. The highest BCUT2D eigenvalue weighted by Gasteiger charge is 2.27. The monoisotopic (exact) mass is 394 g/mol. The third-order valence-electron chi connectivity index (χ3n) is 3.51. The lowest BCUT2D eigenvalue weighted by Crippen LogP contribution is -2.25. The van der Waals surface area contributed by atoms with Gasteiger partial charge in [0.15, 0.2) is 9.84 Å². The second-order valence-corrected chi connectivity index (χ2v) is 11.0. The van der Waals surface area contributed by atoms with E-state index in [1.54, 1.807) is 0 Å². The Hall–Kier alpha value is -0.290. The lowest BCUT2D eigenvalue weighted by Gasteiger charge is -2.25. The van der Waals surface area contributed by atoms with Crippen molar-refractivity contribution >= 4 is 33.0 Å². The summed E-state index contributed by atoms with van der Waals surface area (Å²) < 4.78 is 30.9. The molecular weight excluding hydrogens is 367 g/mol. The van der Waals surface area contributed by atoms with Crippen molar-refractivity contribution < 1.29 is 13.2 Å². The lowest BCUT2D eigenvalue weighted by molar-refractivity contribution is 0.0649. The molecule has 1 aromatic carbocycles. The Labute approximate surface area is 156 Å². The minimum atomic E-state index is -3.41. The first-order valence-electron chi connectivity index (χ1n) is 8.08. The van der Waals surface area contributed by atoms with Crippen molar-refractivity contribution in [1.82, 2.24) is 0 Å². The van der Waals surface area contributed by atoms with E-state index in [-0.39, 0.29) is 26.5 Å². The molecule has 1 aromatic rings. The van der Waals surface area contributed by atoms with E-state index in [4.69, 9.17) is 27.9 Å². The summed E-state index contributed by atoms with van der Waals surface area (Å²) in [5.41, 5.74) is -0.192. The third-order valence-corrected chi connectivity index (χ3v) is 6.38. The van der Waals surface area contributed by atoms with Crippen LogP contribution in [0.25, 0.3) is 0 Å². The first-order chi connectivity index (χ1) is 10.8. The van der Waals surface area contributed by atoms with Crippen molar-refractivity contribution in [3.63, 3.8) is 0 Å². The van der Waals surface area contributed by atoms with Crippen LogP contribution >= 0.6 is 23.2 Å². The molecule has 0 saturated carbocycles. The van der Waals surface area contributed by atoms with E-state index in [9.17, 15) is 8.42 Å². The van der Waals surface area contributed by atoms with Gasteiger partial charge in [-0.15, -0.1) is 0 Å². The first-order valence-corrected chi connectivity index (χ1v) is 10.5. The van der Waals surface area contributed by atoms with Crippen molar-refractivity contribution in [1.29, 1.82) is 0 Å². The van der Waals surface area contributed by atoms with Crippen LogP contribution in [0.4, 0.5) is 0 Å². The topological polar surface area (TPSA) is 43.4 Å². The van der Waals surface area contributed by atoms with E-state index in [1.807, 2.05) is 13.8 Å². The number of rotatable bonds is 8. The summed E-state index contributed by atoms with van der Waals surface area (Å²) >= 11 is 11.8. The molecule has 0 amide bonds. The van der Waals surface area contributed by atoms with Gasteiger partial charge >= 0.3 is 0 Å². The minimum Gasteiger partial charge on any atom is -0.381 e. The molecule has 0 N–H and O–H groups in total. The molecule has 0 radical (unpaired) electrons. The molecule has 0 aliphatic carbocycles. The Morgan fingerprint density at radius 2 is 1.67 bits per heavy atom. The van der Waals surface area contributed by atoms with Crippen LogP contribution in [0.15, 0.2) is 23.1 Å². The van der Waals surface area contributed by atoms with Crippen LogP contribution in [0, 0.1) is 10.8 Å². The van der Waals surface area contributed by atoms with Gasteiger partial charge in [0.1, 0.15) is 0 Å². The molecule has 0 bridgehead atoms. The summed E-state index contributed by atoms with van der Waals surface area (Å²) in [5.74, 6) is 0.0667. The van der Waals surface area contributed by atoms with Crippen molar-refractivity contribution in [2.45, 2.75) is 52.4 Å². The van der Waals surface area contributed by atoms with Gasteiger partial charge in [-0.1, -0.05) is 57.8 Å². The van der Waals surface area contributed by atoms with Crippen LogP contribution in [0.1, 0.15) is 47.5 Å². The maximum Gasteiger partial charge on any atom is 0.178 e. The van der Waals surface area contributed by atoms with E-state index in [1.165, 1.54) is 18.2 Å². The van der Waals surface area contributed by atoms with Gasteiger partial charge < -0.3 is 4.74 Å². The molecule has 0 saturated heterocycles. The maximum absolute atomic E-state index is 12.6. The zero-order valence-electron chi connectivity index (χ0n) is 15.2. The largest absolute Gasteiger partial charge is 0.381 e. The summed E-state index contributed by atoms with van der Waals surface area (Å²) in [6.45, 7) is 11.7. The molecule has 0 unspecified atom stereocenters. The quantitative estimate of drug-likeness (QED) is 0.535. The first kappa shape index (κ1) is 21.8. The maximum atomic E-state index is 12.6. The number of sulfone groups is 1. The Kier molecular flexibility index (Phi) is 7.61. The summed E-state index contributed by atoms with van der Waals surface area (Å²) in [4.78, 5) is 0.217. The lowest BCUT2D eigenvalue weighted by atomic mass is 9.90. The van der Waals surface area contributed by atoms with Gasteiger partial charge in [0, 0.05) is 6.61 Å². The molecule has 6 heteroatoms. The Balaban J connectivity index is 2.60. The summed E-state index contributed by atoms with van der Waals surface area (Å²) in [7, 11) is -3.41. The standard InChI is InChI=1S/C18H28Cl2O3S/c1-17(2,3)12-23-10-6-9-18(4,5)13-24(21,22)14-7-8-15(19)16(20)11-14/h7-8,11H,6,9-10,12-13H2,1-5H3. The van der Waals surface area contributed by atoms with Crippen LogP contribution < -0.4 is 0 Å². The summed E-state index contributed by atoms with van der Waals surface area (Å²) in [5, 5.41) is 0.608. The van der Waals surface area contributed by atoms with E-state index in [2.05, 4.69) is 20.8 Å². The van der Waals surface area contributed by atoms with Crippen LogP contribution in [0.2, 0.25) is 10.0 Å². The highest BCUT2D eigenvalue weighted by atomic mass is 35.5. The molecule has 24 heavy (non-hydrogen) atoms. The molecule has 0 spiro atoms.